The molecule has 1 saturated carbocycles. The molecule has 1 nitrogen and oxygen atoms in total. The van der Waals surface area contributed by atoms with Crippen LogP contribution >= 0.6 is 0 Å². The Morgan fingerprint density at radius 1 is 1.42 bits per heavy atom. The van der Waals surface area contributed by atoms with Gasteiger partial charge in [-0.15, -0.1) is 0 Å². The maximum absolute atomic E-state index is 3.37. The zero-order chi connectivity index (χ0) is 9.19. The van der Waals surface area contributed by atoms with Crippen LogP contribution in [-0.4, -0.2) is 13.1 Å². The molecule has 1 aliphatic carbocycles. The maximum Gasteiger partial charge on any atom is 0.00641 e. The molecule has 0 heterocycles. The molecule has 0 aromatic heterocycles. The Hall–Kier alpha value is -0.0400. The molecule has 1 heteroatoms. The Kier molecular flexibility index (Phi) is 3.16. The van der Waals surface area contributed by atoms with E-state index in [4.69, 9.17) is 0 Å². The molecule has 2 atom stereocenters. The first kappa shape index (κ1) is 10.0. The normalized spacial score (nSPS) is 31.5. The van der Waals surface area contributed by atoms with Gasteiger partial charge in [0, 0.05) is 6.04 Å². The summed E-state index contributed by atoms with van der Waals surface area (Å²) in [5.41, 5.74) is 0.591. The Morgan fingerprint density at radius 2 is 2.08 bits per heavy atom. The Labute approximate surface area is 76.9 Å². The van der Waals surface area contributed by atoms with E-state index in [0.29, 0.717) is 11.5 Å². The standard InChI is InChI=1S/C11H23N/c1-9(12-4)10-6-5-7-11(2,3)8-10/h9-10,12H,5-8H2,1-4H3. The Morgan fingerprint density at radius 3 is 2.58 bits per heavy atom. The molecule has 0 radical (unpaired) electrons. The Balaban J connectivity index is 2.46. The number of hydrogen-bond acceptors (Lipinski definition) is 1. The van der Waals surface area contributed by atoms with Crippen molar-refractivity contribution in [2.75, 3.05) is 7.05 Å². The topological polar surface area (TPSA) is 12.0 Å². The third-order valence-electron chi connectivity index (χ3n) is 3.41. The highest BCUT2D eigenvalue weighted by molar-refractivity contribution is 4.83. The summed E-state index contributed by atoms with van der Waals surface area (Å²) < 4.78 is 0. The second kappa shape index (κ2) is 3.78. The van der Waals surface area contributed by atoms with Crippen LogP contribution in [0.3, 0.4) is 0 Å². The van der Waals surface area contributed by atoms with Crippen molar-refractivity contribution in [1.29, 1.82) is 0 Å². The summed E-state index contributed by atoms with van der Waals surface area (Å²) in [6.45, 7) is 7.12. The molecule has 0 saturated heterocycles. The van der Waals surface area contributed by atoms with Crippen molar-refractivity contribution in [2.45, 2.75) is 52.5 Å². The molecule has 0 aliphatic heterocycles. The smallest absolute Gasteiger partial charge is 0.00641 e. The summed E-state index contributed by atoms with van der Waals surface area (Å²) in [6.07, 6.45) is 5.66. The second-order valence-electron chi connectivity index (χ2n) is 5.10. The average molecular weight is 169 g/mol. The molecule has 1 rings (SSSR count). The van der Waals surface area contributed by atoms with Gasteiger partial charge in [-0.2, -0.15) is 0 Å². The molecule has 1 N–H and O–H groups in total. The van der Waals surface area contributed by atoms with Crippen LogP contribution in [0.4, 0.5) is 0 Å². The van der Waals surface area contributed by atoms with E-state index in [1.165, 1.54) is 25.7 Å². The highest BCUT2D eigenvalue weighted by Crippen LogP contribution is 2.39. The lowest BCUT2D eigenvalue weighted by molar-refractivity contribution is 0.155. The van der Waals surface area contributed by atoms with E-state index >= 15 is 0 Å². The minimum absolute atomic E-state index is 0.591. The summed E-state index contributed by atoms with van der Waals surface area (Å²) >= 11 is 0. The lowest BCUT2D eigenvalue weighted by Gasteiger charge is -2.38. The minimum atomic E-state index is 0.591. The Bertz CT molecular complexity index is 140. The minimum Gasteiger partial charge on any atom is -0.317 e. The fourth-order valence-corrected chi connectivity index (χ4v) is 2.42. The van der Waals surface area contributed by atoms with Crippen LogP contribution < -0.4 is 5.32 Å². The fraction of sp³-hybridized carbons (Fsp3) is 1.00. The third-order valence-corrected chi connectivity index (χ3v) is 3.41. The molecular weight excluding hydrogens is 146 g/mol. The molecule has 1 fully saturated rings. The first-order valence-corrected chi connectivity index (χ1v) is 5.22. The highest BCUT2D eigenvalue weighted by atomic mass is 14.9. The largest absolute Gasteiger partial charge is 0.317 e. The highest BCUT2D eigenvalue weighted by Gasteiger charge is 2.30. The van der Waals surface area contributed by atoms with Crippen LogP contribution in [-0.2, 0) is 0 Å². The molecular formula is C11H23N. The molecule has 72 valence electrons. The molecule has 0 aromatic rings. The van der Waals surface area contributed by atoms with E-state index in [9.17, 15) is 0 Å². The second-order valence-corrected chi connectivity index (χ2v) is 5.10. The summed E-state index contributed by atoms with van der Waals surface area (Å²) in [6, 6.07) is 0.699. The predicted molar refractivity (Wildman–Crippen MR) is 54.3 cm³/mol. The fourth-order valence-electron chi connectivity index (χ4n) is 2.42. The van der Waals surface area contributed by atoms with Crippen molar-refractivity contribution in [2.24, 2.45) is 11.3 Å². The first-order chi connectivity index (χ1) is 5.55. The van der Waals surface area contributed by atoms with Crippen LogP contribution in [0.2, 0.25) is 0 Å². The van der Waals surface area contributed by atoms with Crippen molar-refractivity contribution in [3.63, 3.8) is 0 Å². The molecule has 12 heavy (non-hydrogen) atoms. The zero-order valence-electron chi connectivity index (χ0n) is 8.98. The monoisotopic (exact) mass is 169 g/mol. The van der Waals surface area contributed by atoms with Gasteiger partial charge in [0.1, 0.15) is 0 Å². The zero-order valence-corrected chi connectivity index (χ0v) is 8.98. The van der Waals surface area contributed by atoms with Crippen molar-refractivity contribution < 1.29 is 0 Å². The van der Waals surface area contributed by atoms with Crippen LogP contribution in [0, 0.1) is 11.3 Å². The van der Waals surface area contributed by atoms with Crippen molar-refractivity contribution in [1.82, 2.24) is 5.32 Å². The van der Waals surface area contributed by atoms with Gasteiger partial charge in [-0.3, -0.25) is 0 Å². The third kappa shape index (κ3) is 2.48. The average Bonchev–Trinajstić information content (AvgIpc) is 2.01. The van der Waals surface area contributed by atoms with Crippen molar-refractivity contribution in [3.05, 3.63) is 0 Å². The van der Waals surface area contributed by atoms with Gasteiger partial charge in [-0.05, 0) is 44.6 Å². The van der Waals surface area contributed by atoms with E-state index in [0.717, 1.165) is 5.92 Å². The first-order valence-electron chi connectivity index (χ1n) is 5.22. The van der Waals surface area contributed by atoms with Gasteiger partial charge in [0.15, 0.2) is 0 Å². The summed E-state index contributed by atoms with van der Waals surface area (Å²) in [5.74, 6) is 0.902. The summed E-state index contributed by atoms with van der Waals surface area (Å²) in [5, 5.41) is 3.37. The molecule has 0 bridgehead atoms. The summed E-state index contributed by atoms with van der Waals surface area (Å²) in [7, 11) is 2.08. The molecule has 0 amide bonds. The molecule has 2 unspecified atom stereocenters. The van der Waals surface area contributed by atoms with Gasteiger partial charge >= 0.3 is 0 Å². The van der Waals surface area contributed by atoms with Crippen molar-refractivity contribution >= 4 is 0 Å². The lowest BCUT2D eigenvalue weighted by atomic mass is 9.70. The van der Waals surface area contributed by atoms with E-state index < -0.39 is 0 Å². The summed E-state index contributed by atoms with van der Waals surface area (Å²) in [4.78, 5) is 0. The van der Waals surface area contributed by atoms with Crippen LogP contribution in [0.1, 0.15) is 46.5 Å². The van der Waals surface area contributed by atoms with Gasteiger partial charge in [0.2, 0.25) is 0 Å². The predicted octanol–water partition coefficient (Wildman–Crippen LogP) is 2.81. The van der Waals surface area contributed by atoms with E-state index in [-0.39, 0.29) is 0 Å². The maximum atomic E-state index is 3.37. The van der Waals surface area contributed by atoms with Crippen LogP contribution in [0.15, 0.2) is 0 Å². The molecule has 0 aromatic carbocycles. The van der Waals surface area contributed by atoms with Gasteiger partial charge < -0.3 is 5.32 Å². The number of nitrogens with one attached hydrogen (secondary N) is 1. The van der Waals surface area contributed by atoms with E-state index in [1.54, 1.807) is 0 Å². The van der Waals surface area contributed by atoms with Crippen molar-refractivity contribution in [3.8, 4) is 0 Å². The lowest BCUT2D eigenvalue weighted by Crippen LogP contribution is -2.36. The number of hydrogen-bond donors (Lipinski definition) is 1. The van der Waals surface area contributed by atoms with Gasteiger partial charge in [-0.1, -0.05) is 20.3 Å². The molecule has 0 spiro atoms. The van der Waals surface area contributed by atoms with E-state index in [1.807, 2.05) is 0 Å². The number of rotatable bonds is 2. The SMILES string of the molecule is CNC(C)C1CCCC(C)(C)C1. The van der Waals surface area contributed by atoms with E-state index in [2.05, 4.69) is 33.1 Å². The molecule has 1 aliphatic rings. The van der Waals surface area contributed by atoms with Gasteiger partial charge in [0.25, 0.3) is 0 Å². The van der Waals surface area contributed by atoms with Gasteiger partial charge in [-0.25, -0.2) is 0 Å². The quantitative estimate of drug-likeness (QED) is 0.670. The van der Waals surface area contributed by atoms with Crippen LogP contribution in [0.5, 0.6) is 0 Å². The van der Waals surface area contributed by atoms with Crippen LogP contribution in [0.25, 0.3) is 0 Å². The van der Waals surface area contributed by atoms with Gasteiger partial charge in [0.05, 0.1) is 0 Å².